The van der Waals surface area contributed by atoms with Crippen molar-refractivity contribution in [1.29, 1.82) is 0 Å². The van der Waals surface area contributed by atoms with E-state index >= 15 is 0 Å². The van der Waals surface area contributed by atoms with Gasteiger partial charge in [-0.05, 0) is 32.4 Å². The summed E-state index contributed by atoms with van der Waals surface area (Å²) < 4.78 is 7.01. The fraction of sp³-hybridized carbons (Fsp3) is 0.333. The van der Waals surface area contributed by atoms with Gasteiger partial charge in [-0.1, -0.05) is 0 Å². The molecule has 0 radical (unpaired) electrons. The van der Waals surface area contributed by atoms with Crippen LogP contribution in [-0.4, -0.2) is 20.9 Å². The molecule has 90 valence electrons. The van der Waals surface area contributed by atoms with Crippen LogP contribution in [0.4, 0.5) is 0 Å². The van der Waals surface area contributed by atoms with Crippen LogP contribution < -0.4 is 0 Å². The van der Waals surface area contributed by atoms with Crippen LogP contribution in [0.25, 0.3) is 0 Å². The molecule has 0 saturated heterocycles. The summed E-state index contributed by atoms with van der Waals surface area (Å²) in [6, 6.07) is 1.52. The van der Waals surface area contributed by atoms with Crippen molar-refractivity contribution in [2.24, 2.45) is 0 Å². The standard InChI is InChI=1S/C12H14N2O3/c1-7-8(2)13-14(9(7)3)5-11-4-10(6-17-11)12(15)16/h4,6H,5H2,1-3H3,(H,15,16). The fourth-order valence-corrected chi connectivity index (χ4v) is 1.66. The zero-order chi connectivity index (χ0) is 12.6. The molecule has 2 rings (SSSR count). The topological polar surface area (TPSA) is 68.3 Å². The average Bonchev–Trinajstić information content (AvgIpc) is 2.82. The summed E-state index contributed by atoms with van der Waals surface area (Å²) in [5.41, 5.74) is 3.36. The van der Waals surface area contributed by atoms with E-state index in [2.05, 4.69) is 5.10 Å². The Labute approximate surface area is 98.7 Å². The number of nitrogens with zero attached hydrogens (tertiary/aromatic N) is 2. The van der Waals surface area contributed by atoms with Gasteiger partial charge in [-0.3, -0.25) is 4.68 Å². The molecule has 0 aromatic carbocycles. The average molecular weight is 234 g/mol. The summed E-state index contributed by atoms with van der Waals surface area (Å²) >= 11 is 0. The van der Waals surface area contributed by atoms with Crippen LogP contribution in [-0.2, 0) is 6.54 Å². The van der Waals surface area contributed by atoms with Crippen molar-refractivity contribution in [1.82, 2.24) is 9.78 Å². The van der Waals surface area contributed by atoms with E-state index in [0.29, 0.717) is 12.3 Å². The highest BCUT2D eigenvalue weighted by Gasteiger charge is 2.12. The lowest BCUT2D eigenvalue weighted by Gasteiger charge is -2.01. The first-order valence-corrected chi connectivity index (χ1v) is 5.30. The molecule has 0 aliphatic rings. The first-order chi connectivity index (χ1) is 7.99. The molecule has 0 atom stereocenters. The molecule has 5 heteroatoms. The van der Waals surface area contributed by atoms with Crippen molar-refractivity contribution in [3.8, 4) is 0 Å². The molecule has 2 heterocycles. The maximum absolute atomic E-state index is 10.7. The normalized spacial score (nSPS) is 10.8. The number of carboxylic acid groups (broad SMARTS) is 1. The molecule has 2 aromatic heterocycles. The predicted octanol–water partition coefficient (Wildman–Crippen LogP) is 2.15. The van der Waals surface area contributed by atoms with Crippen LogP contribution in [0, 0.1) is 20.8 Å². The smallest absolute Gasteiger partial charge is 0.338 e. The minimum absolute atomic E-state index is 0.165. The molecule has 5 nitrogen and oxygen atoms in total. The van der Waals surface area contributed by atoms with E-state index in [9.17, 15) is 4.79 Å². The van der Waals surface area contributed by atoms with Crippen LogP contribution in [0.2, 0.25) is 0 Å². The van der Waals surface area contributed by atoms with Gasteiger partial charge in [0.25, 0.3) is 0 Å². The largest absolute Gasteiger partial charge is 0.478 e. The van der Waals surface area contributed by atoms with Crippen molar-refractivity contribution in [2.45, 2.75) is 27.3 Å². The summed E-state index contributed by atoms with van der Waals surface area (Å²) in [6.07, 6.45) is 1.25. The summed E-state index contributed by atoms with van der Waals surface area (Å²) in [5, 5.41) is 13.2. The maximum Gasteiger partial charge on any atom is 0.338 e. The van der Waals surface area contributed by atoms with Gasteiger partial charge in [-0.15, -0.1) is 0 Å². The highest BCUT2D eigenvalue weighted by atomic mass is 16.4. The summed E-state index contributed by atoms with van der Waals surface area (Å²) in [7, 11) is 0. The lowest BCUT2D eigenvalue weighted by Crippen LogP contribution is -2.03. The second-order valence-electron chi connectivity index (χ2n) is 4.06. The third kappa shape index (κ3) is 2.08. The first kappa shape index (κ1) is 11.4. The summed E-state index contributed by atoms with van der Waals surface area (Å²) in [5.74, 6) is -0.391. The van der Waals surface area contributed by atoms with Crippen LogP contribution in [0.15, 0.2) is 16.7 Å². The van der Waals surface area contributed by atoms with Crippen LogP contribution >= 0.6 is 0 Å². The van der Waals surface area contributed by atoms with Gasteiger partial charge in [0.15, 0.2) is 0 Å². The Hall–Kier alpha value is -2.04. The number of aromatic nitrogens is 2. The van der Waals surface area contributed by atoms with Gasteiger partial charge in [0.2, 0.25) is 0 Å². The van der Waals surface area contributed by atoms with Crippen molar-refractivity contribution in [3.05, 3.63) is 40.6 Å². The molecule has 0 saturated carbocycles. The first-order valence-electron chi connectivity index (χ1n) is 5.30. The zero-order valence-corrected chi connectivity index (χ0v) is 10.0. The third-order valence-electron chi connectivity index (χ3n) is 2.95. The van der Waals surface area contributed by atoms with Gasteiger partial charge in [-0.2, -0.15) is 5.10 Å². The van der Waals surface area contributed by atoms with Crippen molar-refractivity contribution in [2.75, 3.05) is 0 Å². The SMILES string of the molecule is Cc1nn(Cc2cc(C(=O)O)co2)c(C)c1C. The number of carbonyl (C=O) groups is 1. The van der Waals surface area contributed by atoms with Gasteiger partial charge in [0.05, 0.1) is 17.8 Å². The summed E-state index contributed by atoms with van der Waals surface area (Å²) in [4.78, 5) is 10.7. The molecule has 2 aromatic rings. The molecule has 0 bridgehead atoms. The Morgan fingerprint density at radius 3 is 2.65 bits per heavy atom. The molecular weight excluding hydrogens is 220 g/mol. The van der Waals surface area contributed by atoms with E-state index in [0.717, 1.165) is 17.0 Å². The van der Waals surface area contributed by atoms with Crippen molar-refractivity contribution < 1.29 is 14.3 Å². The van der Waals surface area contributed by atoms with E-state index in [1.165, 1.54) is 12.3 Å². The maximum atomic E-state index is 10.7. The second kappa shape index (κ2) is 4.08. The Bertz CT molecular complexity index is 566. The van der Waals surface area contributed by atoms with E-state index in [1.54, 1.807) is 0 Å². The van der Waals surface area contributed by atoms with E-state index in [1.807, 2.05) is 25.5 Å². The minimum Gasteiger partial charge on any atom is -0.478 e. The van der Waals surface area contributed by atoms with Gasteiger partial charge in [-0.25, -0.2) is 4.79 Å². The lowest BCUT2D eigenvalue weighted by molar-refractivity contribution is 0.0696. The van der Waals surface area contributed by atoms with E-state index in [4.69, 9.17) is 9.52 Å². The molecule has 17 heavy (non-hydrogen) atoms. The molecule has 0 amide bonds. The highest BCUT2D eigenvalue weighted by molar-refractivity contribution is 5.87. The number of hydrogen-bond acceptors (Lipinski definition) is 3. The third-order valence-corrected chi connectivity index (χ3v) is 2.95. The highest BCUT2D eigenvalue weighted by Crippen LogP contribution is 2.14. The number of hydrogen-bond donors (Lipinski definition) is 1. The second-order valence-corrected chi connectivity index (χ2v) is 4.06. The van der Waals surface area contributed by atoms with Gasteiger partial charge in [0.1, 0.15) is 12.0 Å². The van der Waals surface area contributed by atoms with Crippen LogP contribution in [0.1, 0.15) is 33.1 Å². The van der Waals surface area contributed by atoms with Crippen molar-refractivity contribution in [3.63, 3.8) is 0 Å². The number of rotatable bonds is 3. The number of aryl methyl sites for hydroxylation is 1. The fourth-order valence-electron chi connectivity index (χ4n) is 1.66. The Morgan fingerprint density at radius 2 is 2.18 bits per heavy atom. The van der Waals surface area contributed by atoms with Crippen LogP contribution in [0.3, 0.4) is 0 Å². The molecule has 0 aliphatic carbocycles. The zero-order valence-electron chi connectivity index (χ0n) is 10.0. The number of carboxylic acids is 1. The molecule has 1 N–H and O–H groups in total. The monoisotopic (exact) mass is 234 g/mol. The Morgan fingerprint density at radius 1 is 1.47 bits per heavy atom. The number of aromatic carboxylic acids is 1. The van der Waals surface area contributed by atoms with Crippen molar-refractivity contribution >= 4 is 5.97 Å². The molecule has 0 unspecified atom stereocenters. The van der Waals surface area contributed by atoms with Gasteiger partial charge in [0, 0.05) is 5.69 Å². The van der Waals surface area contributed by atoms with Gasteiger partial charge >= 0.3 is 5.97 Å². The van der Waals surface area contributed by atoms with E-state index in [-0.39, 0.29) is 5.56 Å². The lowest BCUT2D eigenvalue weighted by atomic mass is 10.2. The molecular formula is C12H14N2O3. The quantitative estimate of drug-likeness (QED) is 0.883. The predicted molar refractivity (Wildman–Crippen MR) is 61.2 cm³/mol. The molecule has 0 fully saturated rings. The van der Waals surface area contributed by atoms with Gasteiger partial charge < -0.3 is 9.52 Å². The minimum atomic E-state index is -0.982. The summed E-state index contributed by atoms with van der Waals surface area (Å²) in [6.45, 7) is 6.40. The Kier molecular flexibility index (Phi) is 2.75. The molecule has 0 spiro atoms. The van der Waals surface area contributed by atoms with E-state index < -0.39 is 5.97 Å². The van der Waals surface area contributed by atoms with Crippen LogP contribution in [0.5, 0.6) is 0 Å². The number of furan rings is 1. The molecule has 0 aliphatic heterocycles. The Balaban J connectivity index is 2.25.